The number of rotatable bonds is 5. The van der Waals surface area contributed by atoms with Crippen molar-refractivity contribution in [2.75, 3.05) is 38.5 Å². The van der Waals surface area contributed by atoms with Crippen LogP contribution in [0.25, 0.3) is 5.78 Å². The standard InChI is InChI=1S/C20H24N6OS/c1-15-14-16(2)26-20(21-15)22-18(23-26)19(27)25-10-8-24(9-11-25)12-13-28-17-6-4-3-5-7-17/h3-7,14H,8-13H2,1-2H3. The normalized spacial score (nSPS) is 15.3. The van der Waals surface area contributed by atoms with Crippen molar-refractivity contribution in [1.29, 1.82) is 0 Å². The first-order valence-electron chi connectivity index (χ1n) is 9.50. The molecule has 1 fully saturated rings. The maximum absolute atomic E-state index is 12.8. The smallest absolute Gasteiger partial charge is 0.293 e. The van der Waals surface area contributed by atoms with Gasteiger partial charge in [-0.05, 0) is 32.0 Å². The minimum Gasteiger partial charge on any atom is -0.333 e. The molecule has 3 aromatic rings. The largest absolute Gasteiger partial charge is 0.333 e. The quantitative estimate of drug-likeness (QED) is 0.617. The number of thioether (sulfide) groups is 1. The first-order valence-corrected chi connectivity index (χ1v) is 10.5. The van der Waals surface area contributed by atoms with Gasteiger partial charge in [0.1, 0.15) is 0 Å². The van der Waals surface area contributed by atoms with E-state index in [2.05, 4.69) is 44.2 Å². The second kappa shape index (κ2) is 8.28. The molecule has 1 saturated heterocycles. The van der Waals surface area contributed by atoms with Crippen LogP contribution in [-0.2, 0) is 0 Å². The SMILES string of the molecule is Cc1cc(C)n2nc(C(=O)N3CCN(CCSc4ccccc4)CC3)nc2n1. The summed E-state index contributed by atoms with van der Waals surface area (Å²) in [5, 5.41) is 4.37. The predicted octanol–water partition coefficient (Wildman–Crippen LogP) is 2.29. The van der Waals surface area contributed by atoms with E-state index in [-0.39, 0.29) is 11.7 Å². The highest BCUT2D eigenvalue weighted by Crippen LogP contribution is 2.17. The van der Waals surface area contributed by atoms with Crippen LogP contribution in [0.5, 0.6) is 0 Å². The van der Waals surface area contributed by atoms with Gasteiger partial charge in [0, 0.05) is 54.8 Å². The lowest BCUT2D eigenvalue weighted by Crippen LogP contribution is -2.49. The molecule has 0 bridgehead atoms. The molecule has 1 aliphatic heterocycles. The first kappa shape index (κ1) is 18.9. The molecular weight excluding hydrogens is 372 g/mol. The number of carbonyl (C=O) groups excluding carboxylic acids is 1. The molecule has 146 valence electrons. The summed E-state index contributed by atoms with van der Waals surface area (Å²) in [6, 6.07) is 12.4. The minimum atomic E-state index is -0.110. The summed E-state index contributed by atoms with van der Waals surface area (Å²) in [6.07, 6.45) is 0. The number of piperazine rings is 1. The summed E-state index contributed by atoms with van der Waals surface area (Å²) in [6.45, 7) is 8.05. The van der Waals surface area contributed by atoms with E-state index in [0.29, 0.717) is 18.9 Å². The van der Waals surface area contributed by atoms with Gasteiger partial charge in [-0.1, -0.05) is 18.2 Å². The Morgan fingerprint density at radius 2 is 1.82 bits per heavy atom. The highest BCUT2D eigenvalue weighted by Gasteiger charge is 2.25. The van der Waals surface area contributed by atoms with Crippen LogP contribution in [0.15, 0.2) is 41.3 Å². The van der Waals surface area contributed by atoms with Gasteiger partial charge in [-0.15, -0.1) is 16.9 Å². The summed E-state index contributed by atoms with van der Waals surface area (Å²) >= 11 is 1.87. The van der Waals surface area contributed by atoms with E-state index in [0.717, 1.165) is 36.8 Å². The molecule has 0 aliphatic carbocycles. The molecule has 0 saturated carbocycles. The molecule has 1 amide bonds. The molecule has 1 aromatic carbocycles. The third kappa shape index (κ3) is 4.18. The topological polar surface area (TPSA) is 66.6 Å². The number of aromatic nitrogens is 4. The molecule has 4 rings (SSSR count). The van der Waals surface area contributed by atoms with Crippen molar-refractivity contribution in [3.05, 3.63) is 53.6 Å². The molecule has 0 radical (unpaired) electrons. The van der Waals surface area contributed by atoms with E-state index >= 15 is 0 Å². The molecule has 7 nitrogen and oxygen atoms in total. The van der Waals surface area contributed by atoms with Gasteiger partial charge < -0.3 is 4.90 Å². The van der Waals surface area contributed by atoms with Crippen LogP contribution in [-0.4, -0.2) is 73.8 Å². The fourth-order valence-corrected chi connectivity index (χ4v) is 4.32. The lowest BCUT2D eigenvalue weighted by molar-refractivity contribution is 0.0633. The van der Waals surface area contributed by atoms with Gasteiger partial charge in [-0.2, -0.15) is 4.98 Å². The van der Waals surface area contributed by atoms with Gasteiger partial charge in [0.05, 0.1) is 0 Å². The van der Waals surface area contributed by atoms with Crippen LogP contribution in [0.1, 0.15) is 22.0 Å². The fourth-order valence-electron chi connectivity index (χ4n) is 3.38. The first-order chi connectivity index (χ1) is 13.6. The monoisotopic (exact) mass is 396 g/mol. The van der Waals surface area contributed by atoms with E-state index in [1.54, 1.807) is 4.52 Å². The molecule has 28 heavy (non-hydrogen) atoms. The highest BCUT2D eigenvalue weighted by molar-refractivity contribution is 7.99. The molecule has 3 heterocycles. The zero-order valence-electron chi connectivity index (χ0n) is 16.2. The van der Waals surface area contributed by atoms with Gasteiger partial charge in [-0.3, -0.25) is 9.69 Å². The van der Waals surface area contributed by atoms with Crippen LogP contribution in [0, 0.1) is 13.8 Å². The van der Waals surface area contributed by atoms with Crippen LogP contribution in [0.3, 0.4) is 0 Å². The van der Waals surface area contributed by atoms with Crippen molar-refractivity contribution >= 4 is 23.4 Å². The van der Waals surface area contributed by atoms with Gasteiger partial charge in [-0.25, -0.2) is 9.50 Å². The van der Waals surface area contributed by atoms with Crippen LogP contribution in [0.2, 0.25) is 0 Å². The summed E-state index contributed by atoms with van der Waals surface area (Å²) in [4.78, 5) is 27.1. The van der Waals surface area contributed by atoms with E-state index in [9.17, 15) is 4.79 Å². The van der Waals surface area contributed by atoms with Gasteiger partial charge in [0.15, 0.2) is 0 Å². The Hall–Kier alpha value is -2.45. The highest BCUT2D eigenvalue weighted by atomic mass is 32.2. The Morgan fingerprint density at radius 3 is 2.57 bits per heavy atom. The summed E-state index contributed by atoms with van der Waals surface area (Å²) in [5.41, 5.74) is 1.80. The fraction of sp³-hybridized carbons (Fsp3) is 0.400. The van der Waals surface area contributed by atoms with Crippen molar-refractivity contribution < 1.29 is 4.79 Å². The van der Waals surface area contributed by atoms with Crippen LogP contribution in [0.4, 0.5) is 0 Å². The third-order valence-corrected chi connectivity index (χ3v) is 5.88. The molecule has 0 spiro atoms. The van der Waals surface area contributed by atoms with Crippen molar-refractivity contribution in [1.82, 2.24) is 29.4 Å². The number of nitrogens with zero attached hydrogens (tertiary/aromatic N) is 6. The average molecular weight is 397 g/mol. The van der Waals surface area contributed by atoms with E-state index in [1.165, 1.54) is 4.90 Å². The number of benzene rings is 1. The van der Waals surface area contributed by atoms with E-state index < -0.39 is 0 Å². The van der Waals surface area contributed by atoms with Gasteiger partial charge >= 0.3 is 0 Å². The average Bonchev–Trinajstić information content (AvgIpc) is 3.13. The lowest BCUT2D eigenvalue weighted by atomic mass is 10.3. The molecule has 1 aliphatic rings. The summed E-state index contributed by atoms with van der Waals surface area (Å²) in [5.74, 6) is 1.66. The second-order valence-corrected chi connectivity index (χ2v) is 8.15. The van der Waals surface area contributed by atoms with Crippen LogP contribution >= 0.6 is 11.8 Å². The maximum atomic E-state index is 12.8. The molecule has 0 unspecified atom stereocenters. The Morgan fingerprint density at radius 1 is 1.07 bits per heavy atom. The molecule has 0 atom stereocenters. The molecule has 8 heteroatoms. The van der Waals surface area contributed by atoms with Crippen molar-refractivity contribution in [3.8, 4) is 0 Å². The van der Waals surface area contributed by atoms with E-state index in [4.69, 9.17) is 0 Å². The number of carbonyl (C=O) groups is 1. The zero-order valence-corrected chi connectivity index (χ0v) is 17.0. The second-order valence-electron chi connectivity index (χ2n) is 6.98. The van der Waals surface area contributed by atoms with Gasteiger partial charge in [0.2, 0.25) is 5.82 Å². The minimum absolute atomic E-state index is 0.110. The van der Waals surface area contributed by atoms with Gasteiger partial charge in [0.25, 0.3) is 11.7 Å². The maximum Gasteiger partial charge on any atom is 0.293 e. The number of amides is 1. The number of hydrogen-bond donors (Lipinski definition) is 0. The Balaban J connectivity index is 1.31. The van der Waals surface area contributed by atoms with Crippen LogP contribution < -0.4 is 0 Å². The molecule has 2 aromatic heterocycles. The van der Waals surface area contributed by atoms with Crippen molar-refractivity contribution in [3.63, 3.8) is 0 Å². The summed E-state index contributed by atoms with van der Waals surface area (Å²) < 4.78 is 1.64. The van der Waals surface area contributed by atoms with Crippen molar-refractivity contribution in [2.24, 2.45) is 0 Å². The van der Waals surface area contributed by atoms with E-state index in [1.807, 2.05) is 42.6 Å². The predicted molar refractivity (Wildman–Crippen MR) is 110 cm³/mol. The number of aryl methyl sites for hydroxylation is 2. The third-order valence-electron chi connectivity index (χ3n) is 4.89. The number of hydrogen-bond acceptors (Lipinski definition) is 6. The Kier molecular flexibility index (Phi) is 5.59. The zero-order chi connectivity index (χ0) is 19.5. The molecular formula is C20H24N6OS. The summed E-state index contributed by atoms with van der Waals surface area (Å²) in [7, 11) is 0. The Bertz CT molecular complexity index is 965. The Labute approximate surface area is 168 Å². The van der Waals surface area contributed by atoms with Crippen molar-refractivity contribution in [2.45, 2.75) is 18.7 Å². The lowest BCUT2D eigenvalue weighted by Gasteiger charge is -2.34. The molecule has 0 N–H and O–H groups in total. The number of fused-ring (bicyclic) bond motifs is 1.